The highest BCUT2D eigenvalue weighted by Crippen LogP contribution is 2.36. The molecule has 1 aromatic heterocycles. The first-order valence-corrected chi connectivity index (χ1v) is 9.60. The number of nitrogens with zero attached hydrogens (tertiary/aromatic N) is 3. The third-order valence-corrected chi connectivity index (χ3v) is 4.61. The molecule has 0 aliphatic carbocycles. The van der Waals surface area contributed by atoms with E-state index in [0.29, 0.717) is 6.54 Å². The van der Waals surface area contributed by atoms with Crippen molar-refractivity contribution in [3.05, 3.63) is 75.5 Å². The van der Waals surface area contributed by atoms with Crippen LogP contribution in [0.5, 0.6) is 5.88 Å². The molecule has 0 bridgehead atoms. The van der Waals surface area contributed by atoms with Crippen molar-refractivity contribution in [3.63, 3.8) is 0 Å². The molecule has 4 nitrogen and oxygen atoms in total. The van der Waals surface area contributed by atoms with E-state index in [2.05, 4.69) is 32.6 Å². The summed E-state index contributed by atoms with van der Waals surface area (Å²) >= 11 is 2.18. The quantitative estimate of drug-likeness (QED) is 0.400. The number of aromatic nitrogens is 2. The van der Waals surface area contributed by atoms with Crippen molar-refractivity contribution in [1.29, 1.82) is 0 Å². The number of alkyl halides is 3. The average Bonchev–Trinajstić information content (AvgIpc) is 2.67. The molecule has 8 heteroatoms. The summed E-state index contributed by atoms with van der Waals surface area (Å²) in [5, 5.41) is 0. The van der Waals surface area contributed by atoms with Crippen LogP contribution in [0.2, 0.25) is 0 Å². The molecule has 0 atom stereocenters. The van der Waals surface area contributed by atoms with Crippen LogP contribution in [0.1, 0.15) is 18.1 Å². The minimum Gasteiger partial charge on any atom is -0.472 e. The highest BCUT2D eigenvalue weighted by molar-refractivity contribution is 14.1. The molecule has 0 unspecified atom stereocenters. The highest BCUT2D eigenvalue weighted by atomic mass is 127. The monoisotopic (exact) mass is 499 g/mol. The molecule has 0 saturated carbocycles. The summed E-state index contributed by atoms with van der Waals surface area (Å²) in [6, 6.07) is 16.5. The largest absolute Gasteiger partial charge is 0.472 e. The molecule has 3 aromatic rings. The van der Waals surface area contributed by atoms with Gasteiger partial charge in [0, 0.05) is 22.0 Å². The Morgan fingerprint density at radius 3 is 2.46 bits per heavy atom. The summed E-state index contributed by atoms with van der Waals surface area (Å²) in [5.74, 6) is -0.328. The van der Waals surface area contributed by atoms with Crippen LogP contribution >= 0.6 is 22.6 Å². The lowest BCUT2D eigenvalue weighted by Crippen LogP contribution is -2.21. The number of rotatable bonds is 6. The maximum Gasteiger partial charge on any atom is 0.423 e. The lowest BCUT2D eigenvalue weighted by Gasteiger charge is -2.22. The summed E-state index contributed by atoms with van der Waals surface area (Å²) in [7, 11) is 0. The van der Waals surface area contributed by atoms with Crippen molar-refractivity contribution in [1.82, 2.24) is 9.97 Å². The maximum absolute atomic E-state index is 13.4. The second kappa shape index (κ2) is 8.76. The Hall–Kier alpha value is -2.36. The van der Waals surface area contributed by atoms with E-state index in [9.17, 15) is 13.2 Å². The predicted octanol–water partition coefficient (Wildman–Crippen LogP) is 5.84. The molecular weight excluding hydrogens is 482 g/mol. The predicted molar refractivity (Wildman–Crippen MR) is 110 cm³/mol. The lowest BCUT2D eigenvalue weighted by molar-refractivity contribution is -0.139. The molecule has 2 aromatic carbocycles. The van der Waals surface area contributed by atoms with Gasteiger partial charge >= 0.3 is 6.18 Å². The highest BCUT2D eigenvalue weighted by Gasteiger charge is 2.36. The first-order chi connectivity index (χ1) is 13.4. The Bertz CT molecular complexity index is 935. The van der Waals surface area contributed by atoms with Crippen LogP contribution in [0.4, 0.5) is 24.8 Å². The SMILES string of the molecule is CCN(c1cccc(I)c1)c1ncc(C(F)(F)F)c(OCc2ccccc2)n1. The summed E-state index contributed by atoms with van der Waals surface area (Å²) < 4.78 is 46.6. The number of hydrogen-bond donors (Lipinski definition) is 0. The van der Waals surface area contributed by atoms with Crippen LogP contribution in [-0.2, 0) is 12.8 Å². The van der Waals surface area contributed by atoms with E-state index < -0.39 is 17.6 Å². The smallest absolute Gasteiger partial charge is 0.423 e. The number of ether oxygens (including phenoxy) is 1. The van der Waals surface area contributed by atoms with Crippen LogP contribution in [0, 0.1) is 3.57 Å². The second-order valence-electron chi connectivity index (χ2n) is 5.88. The Balaban J connectivity index is 1.96. The second-order valence-corrected chi connectivity index (χ2v) is 7.13. The average molecular weight is 499 g/mol. The fraction of sp³-hybridized carbons (Fsp3) is 0.200. The molecule has 1 heterocycles. The zero-order valence-corrected chi connectivity index (χ0v) is 17.1. The first-order valence-electron chi connectivity index (χ1n) is 8.52. The van der Waals surface area contributed by atoms with Gasteiger partial charge < -0.3 is 9.64 Å². The third-order valence-electron chi connectivity index (χ3n) is 3.94. The van der Waals surface area contributed by atoms with Crippen LogP contribution < -0.4 is 9.64 Å². The molecule has 0 aliphatic rings. The summed E-state index contributed by atoms with van der Waals surface area (Å²) in [4.78, 5) is 9.79. The molecule has 0 saturated heterocycles. The number of halogens is 4. The first kappa shape index (κ1) is 20.4. The van der Waals surface area contributed by atoms with E-state index in [0.717, 1.165) is 21.0 Å². The van der Waals surface area contributed by atoms with Gasteiger partial charge in [-0.1, -0.05) is 36.4 Å². The van der Waals surface area contributed by atoms with Gasteiger partial charge in [0.1, 0.15) is 12.2 Å². The summed E-state index contributed by atoms with van der Waals surface area (Å²) in [6.07, 6.45) is -3.83. The Morgan fingerprint density at radius 1 is 1.07 bits per heavy atom. The van der Waals surface area contributed by atoms with E-state index in [-0.39, 0.29) is 12.6 Å². The molecule has 0 radical (unpaired) electrons. The summed E-state index contributed by atoms with van der Waals surface area (Å²) in [6.45, 7) is 2.35. The number of anilines is 2. The van der Waals surface area contributed by atoms with Crippen molar-refractivity contribution in [2.75, 3.05) is 11.4 Å². The topological polar surface area (TPSA) is 38.2 Å². The van der Waals surface area contributed by atoms with Crippen molar-refractivity contribution in [3.8, 4) is 5.88 Å². The molecule has 28 heavy (non-hydrogen) atoms. The van der Waals surface area contributed by atoms with Gasteiger partial charge in [0.15, 0.2) is 0 Å². The molecule has 0 fully saturated rings. The Kier molecular flexibility index (Phi) is 6.38. The molecule has 0 aliphatic heterocycles. The zero-order valence-electron chi connectivity index (χ0n) is 14.9. The Morgan fingerprint density at radius 2 is 1.82 bits per heavy atom. The summed E-state index contributed by atoms with van der Waals surface area (Å²) in [5.41, 5.74) is 0.551. The number of benzene rings is 2. The molecule has 0 amide bonds. The molecular formula is C20H17F3IN3O. The minimum atomic E-state index is -4.61. The van der Waals surface area contributed by atoms with E-state index in [4.69, 9.17) is 4.74 Å². The van der Waals surface area contributed by atoms with Gasteiger partial charge in [-0.15, -0.1) is 0 Å². The van der Waals surface area contributed by atoms with E-state index in [1.54, 1.807) is 29.2 Å². The fourth-order valence-electron chi connectivity index (χ4n) is 2.60. The minimum absolute atomic E-state index is 0.0181. The van der Waals surface area contributed by atoms with E-state index in [1.807, 2.05) is 37.3 Å². The molecule has 0 spiro atoms. The van der Waals surface area contributed by atoms with Crippen molar-refractivity contribution in [2.45, 2.75) is 19.7 Å². The van der Waals surface area contributed by atoms with Gasteiger partial charge in [0.25, 0.3) is 0 Å². The normalized spacial score (nSPS) is 11.3. The third kappa shape index (κ3) is 4.92. The van der Waals surface area contributed by atoms with Gasteiger partial charge in [-0.25, -0.2) is 4.98 Å². The van der Waals surface area contributed by atoms with Crippen LogP contribution in [0.15, 0.2) is 60.8 Å². The molecule has 3 rings (SSSR count). The van der Waals surface area contributed by atoms with Gasteiger partial charge in [0.05, 0.1) is 0 Å². The van der Waals surface area contributed by atoms with Crippen LogP contribution in [0.25, 0.3) is 0 Å². The molecule has 0 N–H and O–H groups in total. The lowest BCUT2D eigenvalue weighted by atomic mass is 10.2. The molecule has 146 valence electrons. The number of hydrogen-bond acceptors (Lipinski definition) is 4. The van der Waals surface area contributed by atoms with Crippen molar-refractivity contribution in [2.24, 2.45) is 0 Å². The fourth-order valence-corrected chi connectivity index (χ4v) is 3.13. The van der Waals surface area contributed by atoms with Gasteiger partial charge in [-0.3, -0.25) is 0 Å². The van der Waals surface area contributed by atoms with E-state index >= 15 is 0 Å². The van der Waals surface area contributed by atoms with E-state index in [1.165, 1.54) is 0 Å². The Labute approximate surface area is 174 Å². The standard InChI is InChI=1S/C20H17F3IN3O/c1-2-27(16-10-6-9-15(24)11-16)19-25-12-17(20(21,22)23)18(26-19)28-13-14-7-4-3-5-8-14/h3-12H,2,13H2,1H3. The van der Waals surface area contributed by atoms with Crippen LogP contribution in [-0.4, -0.2) is 16.5 Å². The zero-order chi connectivity index (χ0) is 20.1. The van der Waals surface area contributed by atoms with Gasteiger partial charge in [-0.2, -0.15) is 18.2 Å². The van der Waals surface area contributed by atoms with Crippen LogP contribution in [0.3, 0.4) is 0 Å². The van der Waals surface area contributed by atoms with Crippen molar-refractivity contribution < 1.29 is 17.9 Å². The van der Waals surface area contributed by atoms with Gasteiger partial charge in [-0.05, 0) is 53.3 Å². The maximum atomic E-state index is 13.4. The van der Waals surface area contributed by atoms with Gasteiger partial charge in [0.2, 0.25) is 11.8 Å². The van der Waals surface area contributed by atoms with Crippen molar-refractivity contribution >= 4 is 34.2 Å².